The van der Waals surface area contributed by atoms with Gasteiger partial charge in [-0.25, -0.2) is 21.9 Å². The van der Waals surface area contributed by atoms with E-state index in [9.17, 15) is 17.2 Å². The first kappa shape index (κ1) is 17.4. The van der Waals surface area contributed by atoms with Gasteiger partial charge in [0, 0.05) is 19.7 Å². The lowest BCUT2D eigenvalue weighted by molar-refractivity contribution is 0.319. The Morgan fingerprint density at radius 3 is 2.52 bits per heavy atom. The Kier molecular flexibility index (Phi) is 5.00. The molecule has 0 aliphatic carbocycles. The minimum atomic E-state index is -3.72. The summed E-state index contributed by atoms with van der Waals surface area (Å²) in [4.78, 5) is 0.132. The summed E-state index contributed by atoms with van der Waals surface area (Å²) in [5, 5.41) is 4.06. The Labute approximate surface area is 133 Å². The van der Waals surface area contributed by atoms with E-state index in [1.54, 1.807) is 20.9 Å². The second kappa shape index (κ2) is 6.63. The number of aryl methyl sites for hydroxylation is 2. The van der Waals surface area contributed by atoms with Gasteiger partial charge in [-0.1, -0.05) is 0 Å². The maximum absolute atomic E-state index is 13.0. The van der Waals surface area contributed by atoms with E-state index in [0.717, 1.165) is 12.1 Å². The van der Waals surface area contributed by atoms with E-state index in [1.807, 2.05) is 0 Å². The van der Waals surface area contributed by atoms with Crippen molar-refractivity contribution in [2.75, 3.05) is 13.2 Å². The summed E-state index contributed by atoms with van der Waals surface area (Å²) < 4.78 is 59.4. The number of nitrogens with one attached hydrogen (secondary N) is 1. The molecule has 0 radical (unpaired) electrons. The minimum absolute atomic E-state index is 0.0187. The van der Waals surface area contributed by atoms with Crippen molar-refractivity contribution in [3.63, 3.8) is 0 Å². The number of hydrogen-bond acceptors (Lipinski definition) is 4. The minimum Gasteiger partial charge on any atom is -0.492 e. The van der Waals surface area contributed by atoms with Crippen LogP contribution < -0.4 is 9.46 Å². The van der Waals surface area contributed by atoms with Crippen molar-refractivity contribution >= 4 is 10.0 Å². The van der Waals surface area contributed by atoms with Crippen LogP contribution in [0.2, 0.25) is 0 Å². The van der Waals surface area contributed by atoms with E-state index in [4.69, 9.17) is 4.74 Å². The third kappa shape index (κ3) is 3.85. The molecule has 0 unspecified atom stereocenters. The summed E-state index contributed by atoms with van der Waals surface area (Å²) >= 11 is 0. The van der Waals surface area contributed by atoms with Gasteiger partial charge in [0.05, 0.1) is 11.4 Å². The topological polar surface area (TPSA) is 73.2 Å². The molecule has 0 aliphatic rings. The molecule has 1 N–H and O–H groups in total. The number of hydrogen-bond donors (Lipinski definition) is 1. The quantitative estimate of drug-likeness (QED) is 0.809. The van der Waals surface area contributed by atoms with Crippen molar-refractivity contribution in [2.24, 2.45) is 7.05 Å². The van der Waals surface area contributed by atoms with Crippen molar-refractivity contribution in [3.05, 3.63) is 41.2 Å². The van der Waals surface area contributed by atoms with Gasteiger partial charge in [-0.3, -0.25) is 4.68 Å². The molecule has 23 heavy (non-hydrogen) atoms. The van der Waals surface area contributed by atoms with E-state index in [-0.39, 0.29) is 23.8 Å². The van der Waals surface area contributed by atoms with Crippen LogP contribution in [0.5, 0.6) is 5.75 Å². The number of nitrogens with zero attached hydrogens (tertiary/aromatic N) is 2. The third-order valence-corrected chi connectivity index (χ3v) is 4.98. The predicted octanol–water partition coefficient (Wildman–Crippen LogP) is 1.67. The lowest BCUT2D eigenvalue weighted by atomic mass is 10.3. The molecule has 1 aromatic carbocycles. The average molecular weight is 345 g/mol. The molecule has 6 nitrogen and oxygen atoms in total. The van der Waals surface area contributed by atoms with Gasteiger partial charge in [-0.2, -0.15) is 5.10 Å². The monoisotopic (exact) mass is 345 g/mol. The van der Waals surface area contributed by atoms with Crippen LogP contribution in [0.15, 0.2) is 23.1 Å². The molecule has 0 bridgehead atoms. The molecule has 9 heteroatoms. The Bertz CT molecular complexity index is 819. The van der Waals surface area contributed by atoms with Gasteiger partial charge in [-0.05, 0) is 26.0 Å². The Morgan fingerprint density at radius 2 is 1.96 bits per heavy atom. The van der Waals surface area contributed by atoms with Crippen LogP contribution in [-0.4, -0.2) is 31.3 Å². The molecular formula is C14H17F2N3O3S. The van der Waals surface area contributed by atoms with Crippen LogP contribution in [0, 0.1) is 25.5 Å². The van der Waals surface area contributed by atoms with Gasteiger partial charge in [-0.15, -0.1) is 0 Å². The molecule has 2 aromatic rings. The van der Waals surface area contributed by atoms with Crippen molar-refractivity contribution < 1.29 is 21.9 Å². The van der Waals surface area contributed by atoms with Gasteiger partial charge in [0.2, 0.25) is 10.0 Å². The first-order valence-electron chi connectivity index (χ1n) is 6.80. The van der Waals surface area contributed by atoms with Crippen LogP contribution in [-0.2, 0) is 17.1 Å². The molecular weight excluding hydrogens is 328 g/mol. The molecule has 0 amide bonds. The van der Waals surface area contributed by atoms with Crippen LogP contribution in [0.4, 0.5) is 8.78 Å². The van der Waals surface area contributed by atoms with E-state index >= 15 is 0 Å². The number of benzene rings is 1. The molecule has 0 atom stereocenters. The maximum atomic E-state index is 13.0. The van der Waals surface area contributed by atoms with E-state index in [1.165, 1.54) is 10.7 Å². The zero-order valence-electron chi connectivity index (χ0n) is 12.9. The summed E-state index contributed by atoms with van der Waals surface area (Å²) in [5.74, 6) is -1.87. The smallest absolute Gasteiger partial charge is 0.244 e. The molecule has 0 saturated heterocycles. The normalized spacial score (nSPS) is 11.7. The van der Waals surface area contributed by atoms with E-state index in [2.05, 4.69) is 9.82 Å². The largest absolute Gasteiger partial charge is 0.492 e. The third-order valence-electron chi connectivity index (χ3n) is 3.27. The van der Waals surface area contributed by atoms with Crippen LogP contribution in [0.1, 0.15) is 11.4 Å². The molecule has 126 valence electrons. The highest BCUT2D eigenvalue weighted by atomic mass is 32.2. The molecule has 0 saturated carbocycles. The summed E-state index contributed by atoms with van der Waals surface area (Å²) in [6.07, 6.45) is 0. The standard InChI is InChI=1S/C14H17F2N3O3S/c1-9-14(10(2)19(3)18-9)23(20,21)17-6-7-22-11-4-5-12(15)13(16)8-11/h4-5,8,17H,6-7H2,1-3H3. The van der Waals surface area contributed by atoms with Gasteiger partial charge < -0.3 is 4.74 Å². The lowest BCUT2D eigenvalue weighted by Gasteiger charge is -2.09. The maximum Gasteiger partial charge on any atom is 0.244 e. The summed E-state index contributed by atoms with van der Waals surface area (Å²) in [6, 6.07) is 3.11. The van der Waals surface area contributed by atoms with Gasteiger partial charge in [0.15, 0.2) is 11.6 Å². The Balaban J connectivity index is 1.96. The highest BCUT2D eigenvalue weighted by molar-refractivity contribution is 7.89. The Morgan fingerprint density at radius 1 is 1.26 bits per heavy atom. The second-order valence-corrected chi connectivity index (χ2v) is 6.65. The summed E-state index contributed by atoms with van der Waals surface area (Å²) in [5.41, 5.74) is 0.926. The average Bonchev–Trinajstić information content (AvgIpc) is 2.72. The predicted molar refractivity (Wildman–Crippen MR) is 79.7 cm³/mol. The number of ether oxygens (including phenoxy) is 1. The van der Waals surface area contributed by atoms with Crippen LogP contribution in [0.3, 0.4) is 0 Å². The molecule has 1 aromatic heterocycles. The number of sulfonamides is 1. The summed E-state index contributed by atoms with van der Waals surface area (Å²) in [7, 11) is -2.06. The highest BCUT2D eigenvalue weighted by Gasteiger charge is 2.23. The lowest BCUT2D eigenvalue weighted by Crippen LogP contribution is -2.29. The SMILES string of the molecule is Cc1nn(C)c(C)c1S(=O)(=O)NCCOc1ccc(F)c(F)c1. The first-order chi connectivity index (χ1) is 10.7. The molecule has 0 spiro atoms. The first-order valence-corrected chi connectivity index (χ1v) is 8.28. The number of aromatic nitrogens is 2. The van der Waals surface area contributed by atoms with Crippen molar-refractivity contribution in [3.8, 4) is 5.75 Å². The summed E-state index contributed by atoms with van der Waals surface area (Å²) in [6.45, 7) is 3.23. The zero-order valence-corrected chi connectivity index (χ0v) is 13.7. The van der Waals surface area contributed by atoms with Crippen molar-refractivity contribution in [2.45, 2.75) is 18.7 Å². The molecule has 1 heterocycles. The molecule has 0 aliphatic heterocycles. The van der Waals surface area contributed by atoms with Gasteiger partial charge >= 0.3 is 0 Å². The Hall–Kier alpha value is -2.00. The van der Waals surface area contributed by atoms with Gasteiger partial charge in [0.25, 0.3) is 0 Å². The highest BCUT2D eigenvalue weighted by Crippen LogP contribution is 2.18. The van der Waals surface area contributed by atoms with E-state index < -0.39 is 21.7 Å². The van der Waals surface area contributed by atoms with Crippen LogP contribution in [0.25, 0.3) is 0 Å². The zero-order chi connectivity index (χ0) is 17.2. The fraction of sp³-hybridized carbons (Fsp3) is 0.357. The number of rotatable bonds is 6. The van der Waals surface area contributed by atoms with Crippen LogP contribution >= 0.6 is 0 Å². The van der Waals surface area contributed by atoms with Gasteiger partial charge in [0.1, 0.15) is 17.3 Å². The number of halogens is 2. The van der Waals surface area contributed by atoms with Crippen molar-refractivity contribution in [1.82, 2.24) is 14.5 Å². The molecule has 0 fully saturated rings. The molecule has 2 rings (SSSR count). The second-order valence-electron chi connectivity index (χ2n) is 4.95. The van der Waals surface area contributed by atoms with Crippen molar-refractivity contribution in [1.29, 1.82) is 0 Å². The van der Waals surface area contributed by atoms with E-state index in [0.29, 0.717) is 11.4 Å². The fourth-order valence-electron chi connectivity index (χ4n) is 2.13. The fourth-order valence-corrected chi connectivity index (χ4v) is 3.57.